The highest BCUT2D eigenvalue weighted by atomic mass is 79.9. The Labute approximate surface area is 154 Å². The first kappa shape index (κ1) is 16.5. The van der Waals surface area contributed by atoms with Crippen molar-refractivity contribution >= 4 is 21.8 Å². The maximum atomic E-state index is 10.3. The smallest absolute Gasteiger partial charge is 0.311 e. The molecule has 3 aliphatic rings. The summed E-state index contributed by atoms with van der Waals surface area (Å²) in [7, 11) is 0. The van der Waals surface area contributed by atoms with E-state index in [1.54, 1.807) is 0 Å². The molecule has 1 saturated carbocycles. The van der Waals surface area contributed by atoms with Gasteiger partial charge in [-0.3, -0.25) is 5.73 Å². The third-order valence-corrected chi connectivity index (χ3v) is 6.60. The molecular formula is C18H18BrN4O2+. The summed E-state index contributed by atoms with van der Waals surface area (Å²) in [5.41, 5.74) is 3.93. The van der Waals surface area contributed by atoms with E-state index < -0.39 is 22.2 Å². The molecule has 2 aliphatic heterocycles. The summed E-state index contributed by atoms with van der Waals surface area (Å²) in [5.74, 6) is -1.15. The van der Waals surface area contributed by atoms with E-state index in [9.17, 15) is 10.5 Å². The Bertz CT molecular complexity index is 873. The van der Waals surface area contributed by atoms with Crippen LogP contribution in [0.4, 0.5) is 0 Å². The highest BCUT2D eigenvalue weighted by molar-refractivity contribution is 9.10. The Balaban J connectivity index is 2.02. The van der Waals surface area contributed by atoms with Crippen LogP contribution in [0.3, 0.4) is 0 Å². The molecule has 0 unspecified atom stereocenters. The van der Waals surface area contributed by atoms with Crippen molar-refractivity contribution in [3.63, 3.8) is 0 Å². The second-order valence-electron chi connectivity index (χ2n) is 6.88. The summed E-state index contributed by atoms with van der Waals surface area (Å²) in [6, 6.07) is 12.4. The first-order valence-corrected chi connectivity index (χ1v) is 9.02. The van der Waals surface area contributed by atoms with E-state index in [2.05, 4.69) is 33.1 Å². The Morgan fingerprint density at radius 2 is 2.00 bits per heavy atom. The largest absolute Gasteiger partial charge is 0.344 e. The molecule has 0 bridgehead atoms. The number of rotatable bonds is 2. The summed E-state index contributed by atoms with van der Waals surface area (Å²) < 4.78 is 12.9. The summed E-state index contributed by atoms with van der Waals surface area (Å²) in [4.78, 5) is 3.01. The average Bonchev–Trinajstić information content (AvgIpc) is 2.86. The number of nitrogens with zero attached hydrogens (tertiary/aromatic N) is 2. The molecule has 6 nitrogen and oxygen atoms in total. The van der Waals surface area contributed by atoms with Crippen molar-refractivity contribution in [3.8, 4) is 12.1 Å². The van der Waals surface area contributed by atoms with Gasteiger partial charge in [-0.05, 0) is 31.0 Å². The minimum Gasteiger partial charge on any atom is -0.311 e. The summed E-state index contributed by atoms with van der Waals surface area (Å²) in [5, 5.41) is 20.5. The number of hydrogen-bond donors (Lipinski definition) is 2. The Morgan fingerprint density at radius 3 is 2.48 bits per heavy atom. The molecule has 128 valence electrons. The van der Waals surface area contributed by atoms with E-state index in [1.807, 2.05) is 38.1 Å². The summed E-state index contributed by atoms with van der Waals surface area (Å²) in [6.45, 7) is 4.18. The highest BCUT2D eigenvalue weighted by Gasteiger charge is 3.04. The number of nitrogens with one attached hydrogen (secondary N) is 1. The van der Waals surface area contributed by atoms with Crippen LogP contribution in [0.15, 0.2) is 28.7 Å². The van der Waals surface area contributed by atoms with Gasteiger partial charge in [0.1, 0.15) is 0 Å². The van der Waals surface area contributed by atoms with E-state index in [4.69, 9.17) is 15.2 Å². The van der Waals surface area contributed by atoms with Crippen LogP contribution in [0.2, 0.25) is 0 Å². The van der Waals surface area contributed by atoms with Gasteiger partial charge < -0.3 is 9.47 Å². The molecule has 1 aromatic rings. The molecule has 0 aromatic heterocycles. The molecule has 0 amide bonds. The molecule has 25 heavy (non-hydrogen) atoms. The van der Waals surface area contributed by atoms with Crippen LogP contribution in [0.25, 0.3) is 0 Å². The Kier molecular flexibility index (Phi) is 3.19. The van der Waals surface area contributed by atoms with E-state index >= 15 is 0 Å². The van der Waals surface area contributed by atoms with E-state index in [1.165, 1.54) is 0 Å². The summed E-state index contributed by atoms with van der Waals surface area (Å²) >= 11 is 3.43. The van der Waals surface area contributed by atoms with Crippen molar-refractivity contribution in [1.29, 1.82) is 10.5 Å². The van der Waals surface area contributed by atoms with Crippen LogP contribution < -0.4 is 10.7 Å². The monoisotopic (exact) mass is 401 g/mol. The van der Waals surface area contributed by atoms with Gasteiger partial charge in [-0.15, -0.1) is 0 Å². The minimum atomic E-state index is -1.40. The Morgan fingerprint density at radius 1 is 1.32 bits per heavy atom. The van der Waals surface area contributed by atoms with Gasteiger partial charge in [-0.2, -0.15) is 10.5 Å². The molecule has 1 saturated heterocycles. The minimum absolute atomic E-state index is 0.194. The van der Waals surface area contributed by atoms with Crippen LogP contribution in [-0.4, -0.2) is 24.5 Å². The van der Waals surface area contributed by atoms with Crippen LogP contribution in [-0.2, 0) is 14.9 Å². The molecule has 1 aliphatic carbocycles. The number of nitrogens with two attached hydrogens (primary N) is 1. The molecule has 1 aromatic carbocycles. The van der Waals surface area contributed by atoms with Crippen LogP contribution >= 0.6 is 15.9 Å². The SMILES string of the molecule is CC[C@]1(c2ccc(Br)cc2)[C@]2(C#N)C(N)=[NH+][C@@]3(OC[C@H](C)O3)[C@@]21C#N. The predicted octanol–water partition coefficient (Wildman–Crippen LogP) is 0.671. The van der Waals surface area contributed by atoms with Gasteiger partial charge in [0.25, 0.3) is 5.84 Å². The lowest BCUT2D eigenvalue weighted by atomic mass is 9.80. The zero-order valence-electron chi connectivity index (χ0n) is 14.0. The second kappa shape index (κ2) is 4.82. The van der Waals surface area contributed by atoms with Gasteiger partial charge in [0, 0.05) is 4.47 Å². The van der Waals surface area contributed by atoms with Crippen LogP contribution in [0.1, 0.15) is 25.8 Å². The van der Waals surface area contributed by atoms with Gasteiger partial charge in [0.15, 0.2) is 10.8 Å². The lowest BCUT2D eigenvalue weighted by molar-refractivity contribution is -0.679. The molecule has 2 heterocycles. The standard InChI is InChI=1S/C18H17BrN4O2/c1-3-15(12-4-6-13(19)7-5-12)16(9-20)14(22)23-18(17(15,16)10-21)24-8-11(2)25-18/h4-7,11H,3,8H2,1-2H3,(H2,22,23)/p+1/t11-,15-,16-,17+,18+/m0/s1. The number of hydrogen-bond acceptors (Lipinski definition) is 5. The molecule has 7 heteroatoms. The molecule has 4 rings (SSSR count). The third kappa shape index (κ3) is 1.42. The van der Waals surface area contributed by atoms with Crippen molar-refractivity contribution < 1.29 is 14.5 Å². The van der Waals surface area contributed by atoms with E-state index in [0.29, 0.717) is 13.0 Å². The lowest BCUT2D eigenvalue weighted by Crippen LogP contribution is -2.90. The molecule has 5 atom stereocenters. The normalized spacial score (nSPS) is 44.0. The van der Waals surface area contributed by atoms with E-state index in [0.717, 1.165) is 10.0 Å². The molecule has 0 radical (unpaired) electrons. The Hall–Kier alpha value is -1.93. The number of benzene rings is 1. The molecular weight excluding hydrogens is 384 g/mol. The molecule has 2 fully saturated rings. The quantitative estimate of drug-likeness (QED) is 0.757. The van der Waals surface area contributed by atoms with Gasteiger partial charge in [0.05, 0.1) is 30.3 Å². The zero-order valence-corrected chi connectivity index (χ0v) is 15.6. The van der Waals surface area contributed by atoms with Gasteiger partial charge >= 0.3 is 5.91 Å². The van der Waals surface area contributed by atoms with Gasteiger partial charge in [-0.25, -0.2) is 4.99 Å². The van der Waals surface area contributed by atoms with Gasteiger partial charge in [-0.1, -0.05) is 35.0 Å². The topological polar surface area (TPSA) is 106 Å². The molecule has 1 spiro atoms. The number of fused-ring (bicyclic) bond motifs is 2. The fourth-order valence-corrected chi connectivity index (χ4v) is 5.46. The fraction of sp³-hybridized carbons (Fsp3) is 0.500. The lowest BCUT2D eigenvalue weighted by Gasteiger charge is -2.29. The number of ether oxygens (including phenoxy) is 2. The highest BCUT2D eigenvalue weighted by Crippen LogP contribution is 2.84. The number of halogens is 1. The third-order valence-electron chi connectivity index (χ3n) is 6.07. The van der Waals surface area contributed by atoms with Crippen molar-refractivity contribution in [2.75, 3.05) is 6.61 Å². The summed E-state index contributed by atoms with van der Waals surface area (Å²) in [6.07, 6.45) is 0.362. The van der Waals surface area contributed by atoms with Gasteiger partial charge in [0.2, 0.25) is 0 Å². The van der Waals surface area contributed by atoms with Crippen molar-refractivity contribution in [3.05, 3.63) is 34.3 Å². The van der Waals surface area contributed by atoms with Crippen LogP contribution in [0.5, 0.6) is 0 Å². The maximum absolute atomic E-state index is 10.3. The maximum Gasteiger partial charge on any atom is 0.344 e. The first-order chi connectivity index (χ1) is 11.9. The zero-order chi connectivity index (χ0) is 18.1. The van der Waals surface area contributed by atoms with E-state index in [-0.39, 0.29) is 11.9 Å². The van der Waals surface area contributed by atoms with Crippen molar-refractivity contribution in [2.45, 2.75) is 37.7 Å². The number of amidine groups is 1. The fourth-order valence-electron chi connectivity index (χ4n) is 5.19. The first-order valence-electron chi connectivity index (χ1n) is 8.23. The second-order valence-corrected chi connectivity index (χ2v) is 7.80. The van der Waals surface area contributed by atoms with Crippen molar-refractivity contribution in [1.82, 2.24) is 0 Å². The predicted molar refractivity (Wildman–Crippen MR) is 91.6 cm³/mol. The van der Waals surface area contributed by atoms with Crippen LogP contribution in [0, 0.1) is 33.5 Å². The van der Waals surface area contributed by atoms with Crippen molar-refractivity contribution in [2.24, 2.45) is 16.6 Å². The number of nitriles is 2. The average molecular weight is 402 g/mol. The molecule has 3 N–H and O–H groups in total.